The number of aryl methyl sites for hydroxylation is 1. The van der Waals surface area contributed by atoms with E-state index in [4.69, 9.17) is 0 Å². The van der Waals surface area contributed by atoms with E-state index >= 15 is 0 Å². The molecule has 0 aromatic heterocycles. The van der Waals surface area contributed by atoms with Crippen LogP contribution in [0.15, 0.2) is 72.8 Å². The van der Waals surface area contributed by atoms with E-state index in [1.807, 2.05) is 31.2 Å². The number of anilines is 2. The maximum atomic E-state index is 13.3. The van der Waals surface area contributed by atoms with E-state index in [2.05, 4.69) is 5.32 Å². The molecule has 150 valence electrons. The Balaban J connectivity index is 1.82. The molecule has 1 N–H and O–H groups in total. The van der Waals surface area contributed by atoms with Gasteiger partial charge in [-0.2, -0.15) is 0 Å². The predicted molar refractivity (Wildman–Crippen MR) is 113 cm³/mol. The number of rotatable bonds is 6. The van der Waals surface area contributed by atoms with Gasteiger partial charge in [0.15, 0.2) is 0 Å². The van der Waals surface area contributed by atoms with E-state index in [0.29, 0.717) is 16.9 Å². The van der Waals surface area contributed by atoms with Gasteiger partial charge in [-0.15, -0.1) is 0 Å². The first-order valence-electron chi connectivity index (χ1n) is 8.93. The number of halogens is 1. The van der Waals surface area contributed by atoms with Crippen LogP contribution in [0.1, 0.15) is 21.5 Å². The highest BCUT2D eigenvalue weighted by Crippen LogP contribution is 2.23. The molecule has 0 spiro atoms. The fourth-order valence-electron chi connectivity index (χ4n) is 2.89. The van der Waals surface area contributed by atoms with Gasteiger partial charge in [0.05, 0.1) is 18.5 Å². The molecule has 0 fully saturated rings. The molecule has 0 bridgehead atoms. The Kier molecular flexibility index (Phi) is 5.98. The number of hydrogen-bond donors (Lipinski definition) is 1. The molecule has 0 aliphatic carbocycles. The van der Waals surface area contributed by atoms with Crippen molar-refractivity contribution in [3.63, 3.8) is 0 Å². The van der Waals surface area contributed by atoms with Gasteiger partial charge in [-0.25, -0.2) is 12.8 Å². The molecule has 29 heavy (non-hydrogen) atoms. The van der Waals surface area contributed by atoms with Crippen LogP contribution in [0.5, 0.6) is 0 Å². The normalized spacial score (nSPS) is 11.1. The molecule has 3 rings (SSSR count). The molecule has 0 saturated heterocycles. The molecule has 5 nitrogen and oxygen atoms in total. The quantitative estimate of drug-likeness (QED) is 0.654. The van der Waals surface area contributed by atoms with Crippen molar-refractivity contribution in [1.82, 2.24) is 0 Å². The van der Waals surface area contributed by atoms with Crippen LogP contribution >= 0.6 is 0 Å². The first-order chi connectivity index (χ1) is 13.7. The molecule has 0 aliphatic heterocycles. The lowest BCUT2D eigenvalue weighted by Gasteiger charge is -2.23. The van der Waals surface area contributed by atoms with Gasteiger partial charge in [-0.05, 0) is 60.5 Å². The number of nitrogens with zero attached hydrogens (tertiary/aromatic N) is 1. The van der Waals surface area contributed by atoms with E-state index in [0.717, 1.165) is 17.4 Å². The summed E-state index contributed by atoms with van der Waals surface area (Å²) < 4.78 is 39.3. The SMILES string of the molecule is Cc1ccccc1CN(c1ccc(C(=O)Nc2cccc(F)c2)cc1)S(C)(=O)=O. The topological polar surface area (TPSA) is 66.5 Å². The monoisotopic (exact) mass is 412 g/mol. The zero-order valence-electron chi connectivity index (χ0n) is 16.1. The third-order valence-corrected chi connectivity index (χ3v) is 5.62. The standard InChI is InChI=1S/C22H21FN2O3S/c1-16-6-3-4-7-18(16)15-25(29(2,27)28)21-12-10-17(11-13-21)22(26)24-20-9-5-8-19(23)14-20/h3-14H,15H2,1-2H3,(H,24,26). The lowest BCUT2D eigenvalue weighted by molar-refractivity contribution is 0.102. The fraction of sp³-hybridized carbons (Fsp3) is 0.136. The second-order valence-electron chi connectivity index (χ2n) is 6.71. The summed E-state index contributed by atoms with van der Waals surface area (Å²) in [6.45, 7) is 2.12. The summed E-state index contributed by atoms with van der Waals surface area (Å²) in [6, 6.07) is 19.4. The van der Waals surface area contributed by atoms with Crippen molar-refractivity contribution < 1.29 is 17.6 Å². The minimum atomic E-state index is -3.53. The number of sulfonamides is 1. The number of carbonyl (C=O) groups excluding carboxylic acids is 1. The minimum absolute atomic E-state index is 0.195. The zero-order valence-corrected chi connectivity index (χ0v) is 16.9. The summed E-state index contributed by atoms with van der Waals surface area (Å²) in [6.07, 6.45) is 1.15. The Morgan fingerprint density at radius 3 is 2.31 bits per heavy atom. The van der Waals surface area contributed by atoms with Gasteiger partial charge in [0.2, 0.25) is 10.0 Å². The van der Waals surface area contributed by atoms with Crippen molar-refractivity contribution in [3.05, 3.63) is 95.3 Å². The van der Waals surface area contributed by atoms with Crippen LogP contribution in [0.3, 0.4) is 0 Å². The van der Waals surface area contributed by atoms with E-state index in [1.165, 1.54) is 22.5 Å². The summed E-state index contributed by atoms with van der Waals surface area (Å²) in [5.41, 5.74) is 3.02. The van der Waals surface area contributed by atoms with Crippen LogP contribution in [0.2, 0.25) is 0 Å². The van der Waals surface area contributed by atoms with Gasteiger partial charge in [0.1, 0.15) is 5.82 Å². The molecule has 0 radical (unpaired) electrons. The molecule has 1 amide bonds. The first-order valence-corrected chi connectivity index (χ1v) is 10.8. The number of hydrogen-bond acceptors (Lipinski definition) is 3. The lowest BCUT2D eigenvalue weighted by atomic mass is 10.1. The molecule has 0 saturated carbocycles. The molecular weight excluding hydrogens is 391 g/mol. The zero-order chi connectivity index (χ0) is 21.0. The van der Waals surface area contributed by atoms with Crippen molar-refractivity contribution in [3.8, 4) is 0 Å². The molecule has 3 aromatic carbocycles. The second-order valence-corrected chi connectivity index (χ2v) is 8.61. The second kappa shape index (κ2) is 8.45. The Morgan fingerprint density at radius 2 is 1.69 bits per heavy atom. The number of nitrogens with one attached hydrogen (secondary N) is 1. The summed E-state index contributed by atoms with van der Waals surface area (Å²) in [5.74, 6) is -0.856. The van der Waals surface area contributed by atoms with Crippen molar-refractivity contribution in [2.45, 2.75) is 13.5 Å². The number of carbonyl (C=O) groups is 1. The van der Waals surface area contributed by atoms with Crippen LogP contribution in [0.25, 0.3) is 0 Å². The Labute approximate surface area is 169 Å². The van der Waals surface area contributed by atoms with Crippen LogP contribution in [0.4, 0.5) is 15.8 Å². The highest BCUT2D eigenvalue weighted by molar-refractivity contribution is 7.92. The van der Waals surface area contributed by atoms with Gasteiger partial charge in [-0.1, -0.05) is 30.3 Å². The first kappa shape index (κ1) is 20.5. The van der Waals surface area contributed by atoms with Gasteiger partial charge < -0.3 is 5.32 Å². The summed E-state index contributed by atoms with van der Waals surface area (Å²) in [4.78, 5) is 12.4. The average molecular weight is 412 g/mol. The number of benzene rings is 3. The van der Waals surface area contributed by atoms with Gasteiger partial charge in [0, 0.05) is 11.3 Å². The van der Waals surface area contributed by atoms with Gasteiger partial charge in [-0.3, -0.25) is 9.10 Å². The summed E-state index contributed by atoms with van der Waals surface area (Å²) >= 11 is 0. The Morgan fingerprint density at radius 1 is 1.00 bits per heavy atom. The van der Waals surface area contributed by atoms with E-state index in [9.17, 15) is 17.6 Å². The number of amides is 1. The van der Waals surface area contributed by atoms with Crippen LogP contribution < -0.4 is 9.62 Å². The highest BCUT2D eigenvalue weighted by Gasteiger charge is 2.19. The molecule has 0 aliphatic rings. The van der Waals surface area contributed by atoms with Crippen LogP contribution in [-0.2, 0) is 16.6 Å². The Bertz CT molecular complexity index is 1130. The smallest absolute Gasteiger partial charge is 0.255 e. The summed E-state index contributed by atoms with van der Waals surface area (Å²) in [7, 11) is -3.53. The summed E-state index contributed by atoms with van der Waals surface area (Å²) in [5, 5.41) is 2.61. The van der Waals surface area contributed by atoms with Gasteiger partial charge >= 0.3 is 0 Å². The van der Waals surface area contributed by atoms with Crippen molar-refractivity contribution >= 4 is 27.3 Å². The van der Waals surface area contributed by atoms with Gasteiger partial charge in [0.25, 0.3) is 5.91 Å². The van der Waals surface area contributed by atoms with E-state index < -0.39 is 21.7 Å². The molecule has 0 heterocycles. The molecule has 0 atom stereocenters. The molecule has 7 heteroatoms. The maximum Gasteiger partial charge on any atom is 0.255 e. The van der Waals surface area contributed by atoms with Crippen LogP contribution in [0, 0.1) is 12.7 Å². The maximum absolute atomic E-state index is 13.3. The third kappa shape index (κ3) is 5.20. The fourth-order valence-corrected chi connectivity index (χ4v) is 3.77. The van der Waals surface area contributed by atoms with Crippen LogP contribution in [-0.4, -0.2) is 20.6 Å². The third-order valence-electron chi connectivity index (χ3n) is 4.48. The minimum Gasteiger partial charge on any atom is -0.322 e. The van der Waals surface area contributed by atoms with E-state index in [1.54, 1.807) is 30.3 Å². The molecule has 0 unspecified atom stereocenters. The van der Waals surface area contributed by atoms with E-state index in [-0.39, 0.29) is 6.54 Å². The largest absolute Gasteiger partial charge is 0.322 e. The lowest BCUT2D eigenvalue weighted by Crippen LogP contribution is -2.29. The predicted octanol–water partition coefficient (Wildman–Crippen LogP) is 4.35. The highest BCUT2D eigenvalue weighted by atomic mass is 32.2. The van der Waals surface area contributed by atoms with Crippen molar-refractivity contribution in [1.29, 1.82) is 0 Å². The Hall–Kier alpha value is -3.19. The molecule has 3 aromatic rings. The van der Waals surface area contributed by atoms with Crippen molar-refractivity contribution in [2.75, 3.05) is 15.9 Å². The van der Waals surface area contributed by atoms with Crippen molar-refractivity contribution in [2.24, 2.45) is 0 Å². The molecular formula is C22H21FN2O3S. The average Bonchev–Trinajstić information content (AvgIpc) is 2.66.